The second kappa shape index (κ2) is 12.9. The molecule has 1 aromatic rings. The number of ether oxygens (including phenoxy) is 1. The maximum Gasteiger partial charge on any atom is 0.290 e. The Morgan fingerprint density at radius 1 is 1.27 bits per heavy atom. The van der Waals surface area contributed by atoms with Crippen molar-refractivity contribution < 1.29 is 24.2 Å². The highest BCUT2D eigenvalue weighted by Gasteiger charge is 2.33. The van der Waals surface area contributed by atoms with Gasteiger partial charge in [-0.25, -0.2) is 4.98 Å². The molecule has 30 heavy (non-hydrogen) atoms. The summed E-state index contributed by atoms with van der Waals surface area (Å²) in [5.74, 6) is 0.282. The van der Waals surface area contributed by atoms with Gasteiger partial charge in [-0.05, 0) is 26.3 Å². The Hall–Kier alpha value is -2.53. The van der Waals surface area contributed by atoms with Crippen LogP contribution in [-0.4, -0.2) is 99.9 Å². The average molecular weight is 425 g/mol. The molecular formula is C19H32N6O5. The number of likely N-dealkylation sites (N-methyl/N-ethyl adjacent to an activating group) is 1. The topological polar surface area (TPSA) is 130 Å². The molecule has 11 heteroatoms. The summed E-state index contributed by atoms with van der Waals surface area (Å²) in [6.45, 7) is 3.76. The third kappa shape index (κ3) is 7.71. The smallest absolute Gasteiger partial charge is 0.290 e. The Bertz CT molecular complexity index is 650. The molecule has 0 spiro atoms. The van der Waals surface area contributed by atoms with E-state index in [-0.39, 0.29) is 24.3 Å². The maximum atomic E-state index is 12.5. The first-order valence-corrected chi connectivity index (χ1v) is 10.3. The van der Waals surface area contributed by atoms with Crippen LogP contribution in [0.25, 0.3) is 0 Å². The van der Waals surface area contributed by atoms with Crippen molar-refractivity contribution in [3.05, 3.63) is 12.7 Å². The number of likely N-dealkylation sites (tertiary alicyclic amines) is 1. The van der Waals surface area contributed by atoms with Gasteiger partial charge in [0, 0.05) is 51.1 Å². The Morgan fingerprint density at radius 2 is 1.97 bits per heavy atom. The molecule has 0 aromatic carbocycles. The molecule has 0 unspecified atom stereocenters. The van der Waals surface area contributed by atoms with Gasteiger partial charge in [-0.3, -0.25) is 24.0 Å². The monoisotopic (exact) mass is 424 g/mol. The Kier molecular flexibility index (Phi) is 10.2. The molecule has 2 N–H and O–H groups in total. The zero-order chi connectivity index (χ0) is 21.8. The summed E-state index contributed by atoms with van der Waals surface area (Å²) in [7, 11) is 2.06. The number of nitrogens with zero attached hydrogens (tertiary/aromatic N) is 5. The Labute approximate surface area is 176 Å². The fourth-order valence-corrected chi connectivity index (χ4v) is 3.80. The molecule has 168 valence electrons. The molecule has 2 aliphatic rings. The molecule has 0 aliphatic carbocycles. The van der Waals surface area contributed by atoms with Crippen LogP contribution in [0.3, 0.4) is 0 Å². The molecule has 1 aromatic heterocycles. The van der Waals surface area contributed by atoms with E-state index in [0.717, 1.165) is 19.3 Å². The van der Waals surface area contributed by atoms with E-state index < -0.39 is 0 Å². The Balaban J connectivity index is 0.00000101. The quantitative estimate of drug-likeness (QED) is 0.539. The number of carbonyl (C=O) groups is 3. The fraction of sp³-hybridized carbons (Fsp3) is 0.737. The van der Waals surface area contributed by atoms with Crippen LogP contribution in [0, 0.1) is 0 Å². The normalized spacial score (nSPS) is 21.6. The summed E-state index contributed by atoms with van der Waals surface area (Å²) >= 11 is 0. The van der Waals surface area contributed by atoms with Gasteiger partial charge in [-0.1, -0.05) is 0 Å². The minimum Gasteiger partial charge on any atom is -0.483 e. The lowest BCUT2D eigenvalue weighted by Gasteiger charge is -2.30. The van der Waals surface area contributed by atoms with E-state index in [2.05, 4.69) is 27.3 Å². The largest absolute Gasteiger partial charge is 0.483 e. The number of hydrogen-bond acceptors (Lipinski definition) is 7. The van der Waals surface area contributed by atoms with Crippen LogP contribution in [0.2, 0.25) is 0 Å². The SMILES string of the molecule is CN1[C@@H](CC(=O)N2CCOCC2)CC[C@H]1CNC(=O)CCCn1cncn1.O=CO. The first-order valence-electron chi connectivity index (χ1n) is 10.3. The molecule has 11 nitrogen and oxygen atoms in total. The van der Waals surface area contributed by atoms with Crippen LogP contribution in [-0.2, 0) is 25.7 Å². The molecular weight excluding hydrogens is 392 g/mol. The van der Waals surface area contributed by atoms with Gasteiger partial charge in [-0.2, -0.15) is 5.10 Å². The third-order valence-corrected chi connectivity index (χ3v) is 5.55. The Morgan fingerprint density at radius 3 is 2.63 bits per heavy atom. The van der Waals surface area contributed by atoms with Crippen molar-refractivity contribution >= 4 is 18.3 Å². The van der Waals surface area contributed by atoms with Crippen LogP contribution in [0.5, 0.6) is 0 Å². The van der Waals surface area contributed by atoms with Crippen molar-refractivity contribution in [2.24, 2.45) is 0 Å². The standard InChI is InChI=1S/C18H30N6O3.CH2O2/c1-22-15(11-18(26)23-7-9-27-10-8-23)4-5-16(22)12-20-17(25)3-2-6-24-14-19-13-21-24;2-1-3/h13-16H,2-12H2,1H3,(H,20,25);1H,(H,2,3)/t15-,16+;/m1./s1. The van der Waals surface area contributed by atoms with E-state index in [1.165, 1.54) is 6.33 Å². The zero-order valence-corrected chi connectivity index (χ0v) is 17.5. The average Bonchev–Trinajstić information content (AvgIpc) is 3.38. The molecule has 0 bridgehead atoms. The van der Waals surface area contributed by atoms with E-state index in [1.807, 2.05) is 4.90 Å². The molecule has 2 fully saturated rings. The summed E-state index contributed by atoms with van der Waals surface area (Å²) in [5, 5.41) is 14.0. The number of carboxylic acid groups (broad SMARTS) is 1. The van der Waals surface area contributed by atoms with Gasteiger partial charge in [0.05, 0.1) is 13.2 Å². The van der Waals surface area contributed by atoms with Gasteiger partial charge in [0.2, 0.25) is 11.8 Å². The predicted octanol–water partition coefficient (Wildman–Crippen LogP) is -0.413. The fourth-order valence-electron chi connectivity index (χ4n) is 3.80. The number of aryl methyl sites for hydroxylation is 1. The van der Waals surface area contributed by atoms with Crippen molar-refractivity contribution in [1.29, 1.82) is 0 Å². The summed E-state index contributed by atoms with van der Waals surface area (Å²) in [4.78, 5) is 40.9. The van der Waals surface area contributed by atoms with Crippen molar-refractivity contribution in [2.75, 3.05) is 39.9 Å². The van der Waals surface area contributed by atoms with Crippen molar-refractivity contribution in [1.82, 2.24) is 29.9 Å². The number of rotatable bonds is 8. The first-order chi connectivity index (χ1) is 14.5. The number of morpholine rings is 1. The van der Waals surface area contributed by atoms with Crippen molar-refractivity contribution in [3.8, 4) is 0 Å². The van der Waals surface area contributed by atoms with E-state index in [4.69, 9.17) is 14.6 Å². The van der Waals surface area contributed by atoms with Gasteiger partial charge in [0.25, 0.3) is 6.47 Å². The lowest BCUT2D eigenvalue weighted by atomic mass is 10.1. The highest BCUT2D eigenvalue weighted by Crippen LogP contribution is 2.25. The predicted molar refractivity (Wildman–Crippen MR) is 108 cm³/mol. The lowest BCUT2D eigenvalue weighted by molar-refractivity contribution is -0.136. The van der Waals surface area contributed by atoms with Gasteiger partial charge < -0.3 is 20.1 Å². The molecule has 3 rings (SSSR count). The van der Waals surface area contributed by atoms with Crippen molar-refractivity contribution in [2.45, 2.75) is 50.7 Å². The summed E-state index contributed by atoms with van der Waals surface area (Å²) < 4.78 is 7.04. The van der Waals surface area contributed by atoms with Crippen LogP contribution in [0.1, 0.15) is 32.1 Å². The van der Waals surface area contributed by atoms with E-state index in [1.54, 1.807) is 11.0 Å². The third-order valence-electron chi connectivity index (χ3n) is 5.55. The molecule has 2 aliphatic heterocycles. The number of aromatic nitrogens is 3. The van der Waals surface area contributed by atoms with E-state index >= 15 is 0 Å². The summed E-state index contributed by atoms with van der Waals surface area (Å²) in [6, 6.07) is 0.557. The second-order valence-electron chi connectivity index (χ2n) is 7.42. The van der Waals surface area contributed by atoms with Gasteiger partial charge in [0.15, 0.2) is 0 Å². The minimum atomic E-state index is -0.250. The van der Waals surface area contributed by atoms with Crippen LogP contribution >= 0.6 is 0 Å². The minimum absolute atomic E-state index is 0.0661. The molecule has 2 saturated heterocycles. The molecule has 0 saturated carbocycles. The molecule has 0 radical (unpaired) electrons. The van der Waals surface area contributed by atoms with Crippen LogP contribution in [0.4, 0.5) is 0 Å². The second-order valence-corrected chi connectivity index (χ2v) is 7.42. The molecule has 3 heterocycles. The molecule has 2 atom stereocenters. The van der Waals surface area contributed by atoms with Crippen LogP contribution < -0.4 is 5.32 Å². The first kappa shape index (κ1) is 23.7. The van der Waals surface area contributed by atoms with Gasteiger partial charge in [0.1, 0.15) is 12.7 Å². The number of hydrogen-bond donors (Lipinski definition) is 2. The number of amides is 2. The van der Waals surface area contributed by atoms with Gasteiger partial charge in [-0.15, -0.1) is 0 Å². The van der Waals surface area contributed by atoms with Crippen LogP contribution in [0.15, 0.2) is 12.7 Å². The summed E-state index contributed by atoms with van der Waals surface area (Å²) in [5.41, 5.74) is 0. The van der Waals surface area contributed by atoms with Gasteiger partial charge >= 0.3 is 0 Å². The zero-order valence-electron chi connectivity index (χ0n) is 17.5. The van der Waals surface area contributed by atoms with E-state index in [0.29, 0.717) is 58.3 Å². The van der Waals surface area contributed by atoms with E-state index in [9.17, 15) is 9.59 Å². The maximum absolute atomic E-state index is 12.5. The highest BCUT2D eigenvalue weighted by molar-refractivity contribution is 5.77. The molecule has 2 amide bonds. The number of carbonyl (C=O) groups excluding carboxylic acids is 2. The highest BCUT2D eigenvalue weighted by atomic mass is 16.5. The van der Waals surface area contributed by atoms with Crippen molar-refractivity contribution in [3.63, 3.8) is 0 Å². The number of nitrogens with one attached hydrogen (secondary N) is 1. The summed E-state index contributed by atoms with van der Waals surface area (Å²) in [6.07, 6.45) is 6.94. The lowest BCUT2D eigenvalue weighted by Crippen LogP contribution is -2.45.